The summed E-state index contributed by atoms with van der Waals surface area (Å²) in [5, 5.41) is 18.9. The monoisotopic (exact) mass is 532 g/mol. The first-order valence-corrected chi connectivity index (χ1v) is 10.3. The third kappa shape index (κ3) is 7.07. The van der Waals surface area contributed by atoms with Gasteiger partial charge in [-0.05, 0) is 43.4 Å². The van der Waals surface area contributed by atoms with Gasteiger partial charge >= 0.3 is 0 Å². The molecular weight excluding hydrogens is 499 g/mol. The normalized spacial score (nSPS) is 23.7. The van der Waals surface area contributed by atoms with Crippen LogP contribution in [0.25, 0.3) is 0 Å². The number of carbonyl (C=O) groups excluding carboxylic acids is 1. The van der Waals surface area contributed by atoms with Crippen molar-refractivity contribution >= 4 is 41.5 Å². The first kappa shape index (κ1) is 24.8. The highest BCUT2D eigenvalue weighted by atomic mass is 127. The maximum Gasteiger partial charge on any atom is 0.253 e. The maximum atomic E-state index is 12.2. The number of nitrogens with one attached hydrogen (secondary N) is 3. The van der Waals surface area contributed by atoms with Crippen molar-refractivity contribution < 1.29 is 19.4 Å². The van der Waals surface area contributed by atoms with Crippen molar-refractivity contribution in [2.45, 2.75) is 38.3 Å². The van der Waals surface area contributed by atoms with Gasteiger partial charge in [0.1, 0.15) is 6.10 Å². The second-order valence-corrected chi connectivity index (χ2v) is 7.75. The van der Waals surface area contributed by atoms with Crippen LogP contribution in [0.4, 0.5) is 5.69 Å². The lowest BCUT2D eigenvalue weighted by Gasteiger charge is -2.27. The smallest absolute Gasteiger partial charge is 0.253 e. The van der Waals surface area contributed by atoms with Crippen LogP contribution in [-0.2, 0) is 20.8 Å². The number of anilines is 1. The molecule has 0 radical (unpaired) electrons. The van der Waals surface area contributed by atoms with Crippen LogP contribution in [0.15, 0.2) is 29.3 Å². The second kappa shape index (κ2) is 12.4. The van der Waals surface area contributed by atoms with E-state index >= 15 is 0 Å². The quantitative estimate of drug-likeness (QED) is 0.232. The fourth-order valence-corrected chi connectivity index (χ4v) is 3.76. The van der Waals surface area contributed by atoms with Crippen LogP contribution in [0.2, 0.25) is 0 Å². The number of aliphatic hydroxyl groups is 1. The van der Waals surface area contributed by atoms with Crippen LogP contribution in [-0.4, -0.2) is 63.1 Å². The molecule has 0 aliphatic carbocycles. The molecule has 9 heteroatoms. The van der Waals surface area contributed by atoms with Crippen molar-refractivity contribution in [2.24, 2.45) is 10.4 Å². The molecule has 30 heavy (non-hydrogen) atoms. The molecule has 2 atom stereocenters. The molecule has 1 aromatic rings. The number of guanidine groups is 1. The lowest BCUT2D eigenvalue weighted by molar-refractivity contribution is -0.124. The molecule has 2 aliphatic rings. The van der Waals surface area contributed by atoms with Crippen molar-refractivity contribution in [1.82, 2.24) is 10.6 Å². The number of ether oxygens (including phenoxy) is 2. The molecular formula is C21H33IN4O4. The van der Waals surface area contributed by atoms with Gasteiger partial charge in [-0.15, -0.1) is 24.0 Å². The Balaban J connectivity index is 0.00000320. The van der Waals surface area contributed by atoms with Crippen molar-refractivity contribution in [3.8, 4) is 0 Å². The van der Waals surface area contributed by atoms with Gasteiger partial charge in [0, 0.05) is 51.1 Å². The van der Waals surface area contributed by atoms with Crippen molar-refractivity contribution in [1.29, 1.82) is 0 Å². The number of carbonyl (C=O) groups is 1. The van der Waals surface area contributed by atoms with Gasteiger partial charge < -0.3 is 30.5 Å². The molecule has 2 saturated heterocycles. The molecule has 1 amide bonds. The third-order valence-electron chi connectivity index (χ3n) is 5.56. The predicted molar refractivity (Wildman–Crippen MR) is 127 cm³/mol. The Morgan fingerprint density at radius 2 is 2.20 bits per heavy atom. The number of hydrogen-bond acceptors (Lipinski definition) is 5. The summed E-state index contributed by atoms with van der Waals surface area (Å²) in [6.45, 7) is 3.47. The average molecular weight is 532 g/mol. The van der Waals surface area contributed by atoms with Crippen molar-refractivity contribution in [2.75, 3.05) is 45.3 Å². The van der Waals surface area contributed by atoms with E-state index in [9.17, 15) is 9.90 Å². The van der Waals surface area contributed by atoms with E-state index in [1.807, 2.05) is 24.3 Å². The maximum absolute atomic E-state index is 12.2. The lowest BCUT2D eigenvalue weighted by Crippen LogP contribution is -2.44. The summed E-state index contributed by atoms with van der Waals surface area (Å²) in [4.78, 5) is 16.5. The molecule has 0 aromatic heterocycles. The molecule has 0 saturated carbocycles. The average Bonchev–Trinajstić information content (AvgIpc) is 3.41. The number of benzene rings is 1. The zero-order valence-corrected chi connectivity index (χ0v) is 19.8. The molecule has 2 aliphatic heterocycles. The first-order chi connectivity index (χ1) is 14.1. The number of nitrogens with zero attached hydrogens (tertiary/aromatic N) is 1. The van der Waals surface area contributed by atoms with Gasteiger partial charge in [0.25, 0.3) is 5.91 Å². The zero-order chi connectivity index (χ0) is 20.5. The molecule has 168 valence electrons. The minimum atomic E-state index is -0.342. The summed E-state index contributed by atoms with van der Waals surface area (Å²) in [5.41, 5.74) is 1.75. The van der Waals surface area contributed by atoms with Gasteiger partial charge in [0.05, 0.1) is 6.61 Å². The van der Waals surface area contributed by atoms with Crippen molar-refractivity contribution in [3.63, 3.8) is 0 Å². The molecule has 1 aromatic carbocycles. The summed E-state index contributed by atoms with van der Waals surface area (Å²) in [6, 6.07) is 7.75. The Kier molecular flexibility index (Phi) is 10.3. The van der Waals surface area contributed by atoms with E-state index in [-0.39, 0.29) is 48.0 Å². The van der Waals surface area contributed by atoms with Gasteiger partial charge in [0.2, 0.25) is 0 Å². The summed E-state index contributed by atoms with van der Waals surface area (Å²) >= 11 is 0. The molecule has 2 unspecified atom stereocenters. The van der Waals surface area contributed by atoms with Crippen LogP contribution in [0.3, 0.4) is 0 Å². The SMILES string of the molecule is CN=C(NCc1cccc(NC(=O)C2CCCO2)c1)NCC1(CCO)CCOC1.I. The van der Waals surface area contributed by atoms with Gasteiger partial charge in [-0.25, -0.2) is 0 Å². The highest BCUT2D eigenvalue weighted by Crippen LogP contribution is 2.31. The Hall–Kier alpha value is -1.43. The van der Waals surface area contributed by atoms with E-state index in [1.165, 1.54) is 0 Å². The van der Waals surface area contributed by atoms with Crippen LogP contribution in [0.5, 0.6) is 0 Å². The van der Waals surface area contributed by atoms with Crippen LogP contribution >= 0.6 is 24.0 Å². The molecule has 0 bridgehead atoms. The molecule has 8 nitrogen and oxygen atoms in total. The van der Waals surface area contributed by atoms with E-state index in [0.717, 1.165) is 37.1 Å². The van der Waals surface area contributed by atoms with Crippen LogP contribution < -0.4 is 16.0 Å². The Morgan fingerprint density at radius 3 is 2.87 bits per heavy atom. The van der Waals surface area contributed by atoms with Crippen molar-refractivity contribution in [3.05, 3.63) is 29.8 Å². The van der Waals surface area contributed by atoms with Crippen LogP contribution in [0.1, 0.15) is 31.2 Å². The Morgan fingerprint density at radius 1 is 1.33 bits per heavy atom. The van der Waals surface area contributed by atoms with E-state index in [1.54, 1.807) is 7.05 Å². The number of aliphatic hydroxyl groups excluding tert-OH is 1. The minimum absolute atomic E-state index is 0. The number of halogens is 1. The second-order valence-electron chi connectivity index (χ2n) is 7.75. The topological polar surface area (TPSA) is 104 Å². The van der Waals surface area contributed by atoms with Gasteiger partial charge in [-0.3, -0.25) is 9.79 Å². The zero-order valence-electron chi connectivity index (χ0n) is 17.5. The van der Waals surface area contributed by atoms with Crippen LogP contribution in [0, 0.1) is 5.41 Å². The van der Waals surface area contributed by atoms with Gasteiger partial charge in [0.15, 0.2) is 5.96 Å². The van der Waals surface area contributed by atoms with E-state index in [2.05, 4.69) is 20.9 Å². The predicted octanol–water partition coefficient (Wildman–Crippen LogP) is 1.88. The highest BCUT2D eigenvalue weighted by molar-refractivity contribution is 14.0. The van der Waals surface area contributed by atoms with Gasteiger partial charge in [-0.2, -0.15) is 0 Å². The number of amides is 1. The van der Waals surface area contributed by atoms with E-state index in [0.29, 0.717) is 38.7 Å². The molecule has 2 heterocycles. The third-order valence-corrected chi connectivity index (χ3v) is 5.56. The molecule has 3 rings (SSSR count). The summed E-state index contributed by atoms with van der Waals surface area (Å²) in [7, 11) is 1.73. The summed E-state index contributed by atoms with van der Waals surface area (Å²) in [6.07, 6.45) is 3.01. The largest absolute Gasteiger partial charge is 0.396 e. The molecule has 2 fully saturated rings. The minimum Gasteiger partial charge on any atom is -0.396 e. The fourth-order valence-electron chi connectivity index (χ4n) is 3.76. The fraction of sp³-hybridized carbons (Fsp3) is 0.619. The number of hydrogen-bond donors (Lipinski definition) is 4. The van der Waals surface area contributed by atoms with E-state index in [4.69, 9.17) is 9.47 Å². The molecule has 0 spiro atoms. The lowest BCUT2D eigenvalue weighted by atomic mass is 9.84. The molecule has 4 N–H and O–H groups in total. The first-order valence-electron chi connectivity index (χ1n) is 10.3. The number of rotatable bonds is 8. The highest BCUT2D eigenvalue weighted by Gasteiger charge is 2.34. The van der Waals surface area contributed by atoms with Gasteiger partial charge in [-0.1, -0.05) is 12.1 Å². The Bertz CT molecular complexity index is 704. The summed E-state index contributed by atoms with van der Waals surface area (Å²) < 4.78 is 11.0. The standard InChI is InChI=1S/C21H32N4O4.HI/c1-22-20(24-14-21(7-9-26)8-11-28-15-21)23-13-16-4-2-5-17(12-16)25-19(27)18-6-3-10-29-18;/h2,4-5,12,18,26H,3,6-11,13-15H2,1H3,(H,25,27)(H2,22,23,24);1H. The van der Waals surface area contributed by atoms with E-state index < -0.39 is 0 Å². The summed E-state index contributed by atoms with van der Waals surface area (Å²) in [5.74, 6) is 0.612. The Labute approximate surface area is 195 Å². The number of aliphatic imine (C=N–C) groups is 1.